The van der Waals surface area contributed by atoms with Crippen LogP contribution in [0.4, 0.5) is 11.4 Å². The van der Waals surface area contributed by atoms with Gasteiger partial charge in [0.25, 0.3) is 15.9 Å². The number of benzene rings is 4. The molecular weight excluding hydrogens is 569 g/mol. The van der Waals surface area contributed by atoms with Crippen molar-refractivity contribution in [3.05, 3.63) is 124 Å². The summed E-state index contributed by atoms with van der Waals surface area (Å²) in [5.41, 5.74) is 2.31. The number of anilines is 2. The van der Waals surface area contributed by atoms with Gasteiger partial charge in [0.2, 0.25) is 5.91 Å². The third kappa shape index (κ3) is 6.65. The van der Waals surface area contributed by atoms with Crippen molar-refractivity contribution in [2.75, 3.05) is 16.2 Å². The molecule has 0 saturated carbocycles. The molecule has 0 heterocycles. The molecule has 1 atom stereocenters. The minimum atomic E-state index is -4.22. The van der Waals surface area contributed by atoms with Crippen molar-refractivity contribution >= 4 is 56.4 Å². The number of amides is 2. The summed E-state index contributed by atoms with van der Waals surface area (Å²) in [5.74, 6) is -1.07. The molecule has 0 saturated heterocycles. The lowest BCUT2D eigenvalue weighted by molar-refractivity contribution is -0.114. The highest BCUT2D eigenvalue weighted by atomic mass is 35.5. The van der Waals surface area contributed by atoms with E-state index < -0.39 is 28.4 Å². The maximum Gasteiger partial charge on any atom is 0.264 e. The molecule has 0 aliphatic heterocycles. The van der Waals surface area contributed by atoms with Gasteiger partial charge in [0.15, 0.2) is 0 Å². The molecule has 4 aromatic carbocycles. The maximum absolute atomic E-state index is 13.7. The highest BCUT2D eigenvalue weighted by molar-refractivity contribution is 7.92. The van der Waals surface area contributed by atoms with E-state index in [0.29, 0.717) is 0 Å². The summed E-state index contributed by atoms with van der Waals surface area (Å²) in [4.78, 5) is 26.4. The number of carbonyl (C=O) groups is 2. The van der Waals surface area contributed by atoms with Crippen LogP contribution in [0.15, 0.2) is 102 Å². The number of halogens is 2. The summed E-state index contributed by atoms with van der Waals surface area (Å²) < 4.78 is 28.3. The van der Waals surface area contributed by atoms with Crippen molar-refractivity contribution in [2.45, 2.75) is 24.8 Å². The van der Waals surface area contributed by atoms with Gasteiger partial charge in [-0.15, -0.1) is 0 Å². The van der Waals surface area contributed by atoms with Crippen LogP contribution in [0, 0.1) is 6.92 Å². The van der Waals surface area contributed by atoms with Crippen LogP contribution in [-0.4, -0.2) is 26.8 Å². The highest BCUT2D eigenvalue weighted by Crippen LogP contribution is 2.35. The molecule has 40 heavy (non-hydrogen) atoms. The third-order valence-corrected chi connectivity index (χ3v) is 8.77. The summed E-state index contributed by atoms with van der Waals surface area (Å²) in [7, 11) is -4.22. The van der Waals surface area contributed by atoms with Gasteiger partial charge in [-0.05, 0) is 55.8 Å². The van der Waals surface area contributed by atoms with Crippen LogP contribution in [0.25, 0.3) is 0 Å². The van der Waals surface area contributed by atoms with Crippen molar-refractivity contribution in [1.29, 1.82) is 0 Å². The first-order chi connectivity index (χ1) is 19.1. The molecule has 0 fully saturated rings. The van der Waals surface area contributed by atoms with Gasteiger partial charge >= 0.3 is 0 Å². The Bertz CT molecular complexity index is 1630. The molecule has 0 spiro atoms. The molecule has 0 aliphatic carbocycles. The van der Waals surface area contributed by atoms with E-state index >= 15 is 0 Å². The Morgan fingerprint density at radius 3 is 2.20 bits per heavy atom. The number of nitrogens with one attached hydrogen (secondary N) is 2. The standard InChI is InChI=1S/C30H27Cl2N3O4S/c1-20-15-17-23(18-16-20)40(38,39)35(27-14-8-12-25(31)29(27)32)19-28(36)34-26-13-7-6-11-24(26)30(37)33-21(2)22-9-4-3-5-10-22/h3-18,21H,19H2,1-2H3,(H,33,37)(H,34,36)/t21-/m0/s1. The first-order valence-corrected chi connectivity index (χ1v) is 14.6. The van der Waals surface area contributed by atoms with E-state index in [2.05, 4.69) is 10.6 Å². The van der Waals surface area contributed by atoms with Crippen molar-refractivity contribution < 1.29 is 18.0 Å². The topological polar surface area (TPSA) is 95.6 Å². The number of nitrogens with zero attached hydrogens (tertiary/aromatic N) is 1. The Hall–Kier alpha value is -3.85. The van der Waals surface area contributed by atoms with Crippen LogP contribution in [-0.2, 0) is 14.8 Å². The van der Waals surface area contributed by atoms with Gasteiger partial charge in [0.1, 0.15) is 6.54 Å². The lowest BCUT2D eigenvalue weighted by Crippen LogP contribution is -2.38. The Kier molecular flexibility index (Phi) is 9.14. The smallest absolute Gasteiger partial charge is 0.264 e. The van der Waals surface area contributed by atoms with Gasteiger partial charge in [-0.25, -0.2) is 8.42 Å². The predicted molar refractivity (Wildman–Crippen MR) is 160 cm³/mol. The first-order valence-electron chi connectivity index (χ1n) is 12.4. The zero-order valence-electron chi connectivity index (χ0n) is 21.8. The molecule has 7 nitrogen and oxygen atoms in total. The molecule has 0 radical (unpaired) electrons. The molecular formula is C30H27Cl2N3O4S. The van der Waals surface area contributed by atoms with E-state index in [0.717, 1.165) is 15.4 Å². The summed E-state index contributed by atoms with van der Waals surface area (Å²) in [6, 6.07) is 26.5. The van der Waals surface area contributed by atoms with Crippen molar-refractivity contribution in [3.63, 3.8) is 0 Å². The van der Waals surface area contributed by atoms with Crippen molar-refractivity contribution in [3.8, 4) is 0 Å². The van der Waals surface area contributed by atoms with Crippen LogP contribution >= 0.6 is 23.2 Å². The van der Waals surface area contributed by atoms with Gasteiger partial charge in [-0.2, -0.15) is 0 Å². The fourth-order valence-corrected chi connectivity index (χ4v) is 5.91. The Morgan fingerprint density at radius 2 is 1.50 bits per heavy atom. The van der Waals surface area contributed by atoms with E-state index in [1.54, 1.807) is 42.5 Å². The minimum absolute atomic E-state index is 0.0117. The van der Waals surface area contributed by atoms with E-state index in [1.165, 1.54) is 24.3 Å². The number of para-hydroxylation sites is 1. The fraction of sp³-hybridized carbons (Fsp3) is 0.133. The molecule has 2 N–H and O–H groups in total. The molecule has 0 aliphatic rings. The Balaban J connectivity index is 1.61. The average molecular weight is 597 g/mol. The van der Waals surface area contributed by atoms with E-state index in [9.17, 15) is 18.0 Å². The quantitative estimate of drug-likeness (QED) is 0.227. The number of hydrogen-bond acceptors (Lipinski definition) is 4. The maximum atomic E-state index is 13.7. The Morgan fingerprint density at radius 1 is 0.850 bits per heavy atom. The Labute approximate surface area is 243 Å². The van der Waals surface area contributed by atoms with Crippen LogP contribution in [0.5, 0.6) is 0 Å². The zero-order valence-corrected chi connectivity index (χ0v) is 24.1. The zero-order chi connectivity index (χ0) is 28.9. The molecule has 0 unspecified atom stereocenters. The second-order valence-electron chi connectivity index (χ2n) is 9.10. The minimum Gasteiger partial charge on any atom is -0.345 e. The van der Waals surface area contributed by atoms with Crippen molar-refractivity contribution in [2.24, 2.45) is 0 Å². The van der Waals surface area contributed by atoms with Crippen LogP contribution in [0.2, 0.25) is 10.0 Å². The average Bonchev–Trinajstić information content (AvgIpc) is 2.94. The number of rotatable bonds is 9. The summed E-state index contributed by atoms with van der Waals surface area (Å²) >= 11 is 12.6. The van der Waals surface area contributed by atoms with Gasteiger partial charge < -0.3 is 10.6 Å². The van der Waals surface area contributed by atoms with E-state index in [1.807, 2.05) is 44.2 Å². The molecule has 10 heteroatoms. The van der Waals surface area contributed by atoms with E-state index in [4.69, 9.17) is 23.2 Å². The predicted octanol–water partition coefficient (Wildman–Crippen LogP) is 6.63. The molecule has 4 rings (SSSR count). The number of hydrogen-bond donors (Lipinski definition) is 2. The number of aryl methyl sites for hydroxylation is 1. The fourth-order valence-electron chi connectivity index (χ4n) is 4.03. The summed E-state index contributed by atoms with van der Waals surface area (Å²) in [5, 5.41) is 5.74. The molecule has 0 aromatic heterocycles. The summed E-state index contributed by atoms with van der Waals surface area (Å²) in [6.07, 6.45) is 0. The first kappa shape index (κ1) is 29.1. The second kappa shape index (κ2) is 12.6. The number of sulfonamides is 1. The van der Waals surface area contributed by atoms with Crippen molar-refractivity contribution in [1.82, 2.24) is 5.32 Å². The van der Waals surface area contributed by atoms with Gasteiger partial charge in [0.05, 0.1) is 37.9 Å². The van der Waals surface area contributed by atoms with Crippen LogP contribution < -0.4 is 14.9 Å². The van der Waals surface area contributed by atoms with Gasteiger partial charge in [-0.1, -0.05) is 89.4 Å². The number of carbonyl (C=O) groups excluding carboxylic acids is 2. The second-order valence-corrected chi connectivity index (χ2v) is 11.7. The van der Waals surface area contributed by atoms with Crippen LogP contribution in [0.3, 0.4) is 0 Å². The normalized spacial score (nSPS) is 11.9. The SMILES string of the molecule is Cc1ccc(S(=O)(=O)N(CC(=O)Nc2ccccc2C(=O)N[C@@H](C)c2ccccc2)c2cccc(Cl)c2Cl)cc1. The molecule has 2 amide bonds. The molecule has 206 valence electrons. The lowest BCUT2D eigenvalue weighted by atomic mass is 10.1. The van der Waals surface area contributed by atoms with Gasteiger partial charge in [-0.3, -0.25) is 13.9 Å². The highest BCUT2D eigenvalue weighted by Gasteiger charge is 2.30. The molecule has 4 aromatic rings. The third-order valence-electron chi connectivity index (χ3n) is 6.19. The van der Waals surface area contributed by atoms with Crippen LogP contribution in [0.1, 0.15) is 34.5 Å². The molecule has 0 bridgehead atoms. The summed E-state index contributed by atoms with van der Waals surface area (Å²) in [6.45, 7) is 3.08. The largest absolute Gasteiger partial charge is 0.345 e. The van der Waals surface area contributed by atoms with Gasteiger partial charge in [0, 0.05) is 0 Å². The van der Waals surface area contributed by atoms with E-state index in [-0.39, 0.29) is 37.9 Å². The monoisotopic (exact) mass is 595 g/mol. The lowest BCUT2D eigenvalue weighted by Gasteiger charge is -2.25.